The van der Waals surface area contributed by atoms with Crippen LogP contribution in [0.15, 0.2) is 29.3 Å². The molecule has 9 heteroatoms. The smallest absolute Gasteiger partial charge is 0.238 e. The first-order valence-electron chi connectivity index (χ1n) is 5.40. The second-order valence-corrected chi connectivity index (χ2v) is 5.59. The summed E-state index contributed by atoms with van der Waals surface area (Å²) in [6.07, 6.45) is 1.65. The first kappa shape index (κ1) is 14.4. The fraction of sp³-hybridized carbons (Fsp3) is 0.182. The molecule has 0 fully saturated rings. The van der Waals surface area contributed by atoms with E-state index in [1.54, 1.807) is 19.3 Å². The van der Waals surface area contributed by atoms with Crippen LogP contribution in [0, 0.1) is 11.6 Å². The molecule has 6 nitrogen and oxygen atoms in total. The molecule has 108 valence electrons. The minimum Gasteiger partial charge on any atom is -0.481 e. The largest absolute Gasteiger partial charge is 0.481 e. The predicted octanol–water partition coefficient (Wildman–Crippen LogP) is 0.925. The van der Waals surface area contributed by atoms with Gasteiger partial charge in [0, 0.05) is 13.2 Å². The van der Waals surface area contributed by atoms with Gasteiger partial charge in [0.2, 0.25) is 10.0 Å². The Morgan fingerprint density at radius 2 is 1.95 bits per heavy atom. The van der Waals surface area contributed by atoms with Gasteiger partial charge in [-0.15, -0.1) is 0 Å². The van der Waals surface area contributed by atoms with Crippen LogP contribution in [-0.4, -0.2) is 18.2 Å². The highest BCUT2D eigenvalue weighted by atomic mass is 32.2. The summed E-state index contributed by atoms with van der Waals surface area (Å²) in [6, 6.07) is 2.83. The summed E-state index contributed by atoms with van der Waals surface area (Å²) in [5.41, 5.74) is 0.474. The lowest BCUT2D eigenvalue weighted by molar-refractivity contribution is 0.268. The zero-order chi connectivity index (χ0) is 14.9. The maximum Gasteiger partial charge on any atom is 0.238 e. The third-order valence-corrected chi connectivity index (χ3v) is 3.33. The van der Waals surface area contributed by atoms with Gasteiger partial charge in [-0.25, -0.2) is 22.3 Å². The Hall–Kier alpha value is -2.00. The van der Waals surface area contributed by atoms with Crippen molar-refractivity contribution in [2.75, 3.05) is 0 Å². The molecule has 1 heterocycles. The van der Waals surface area contributed by atoms with Crippen molar-refractivity contribution >= 4 is 10.0 Å². The van der Waals surface area contributed by atoms with Gasteiger partial charge in [-0.05, 0) is 18.2 Å². The maximum absolute atomic E-state index is 13.6. The van der Waals surface area contributed by atoms with Crippen molar-refractivity contribution in [3.8, 4) is 5.75 Å². The number of rotatable bonds is 4. The van der Waals surface area contributed by atoms with Crippen LogP contribution in [-0.2, 0) is 23.7 Å². The van der Waals surface area contributed by atoms with Crippen molar-refractivity contribution in [1.82, 2.24) is 9.78 Å². The molecule has 1 aromatic heterocycles. The van der Waals surface area contributed by atoms with Crippen LogP contribution in [0.2, 0.25) is 0 Å². The number of hydrogen-bond acceptors (Lipinski definition) is 4. The van der Waals surface area contributed by atoms with E-state index in [-0.39, 0.29) is 6.61 Å². The molecule has 2 rings (SSSR count). The van der Waals surface area contributed by atoms with Gasteiger partial charge in [0.15, 0.2) is 17.4 Å². The fourth-order valence-electron chi connectivity index (χ4n) is 1.53. The number of ether oxygens (including phenoxy) is 1. The van der Waals surface area contributed by atoms with E-state index in [2.05, 4.69) is 5.10 Å². The third-order valence-electron chi connectivity index (χ3n) is 2.43. The number of sulfonamides is 1. The van der Waals surface area contributed by atoms with Gasteiger partial charge in [-0.1, -0.05) is 0 Å². The molecule has 0 radical (unpaired) electrons. The molecule has 0 unspecified atom stereocenters. The van der Waals surface area contributed by atoms with Crippen LogP contribution in [0.1, 0.15) is 5.69 Å². The van der Waals surface area contributed by atoms with Crippen LogP contribution in [0.5, 0.6) is 5.75 Å². The molecular formula is C11H11F2N3O3S. The highest BCUT2D eigenvalue weighted by Crippen LogP contribution is 2.25. The van der Waals surface area contributed by atoms with E-state index in [1.807, 2.05) is 0 Å². The molecular weight excluding hydrogens is 292 g/mol. The van der Waals surface area contributed by atoms with Crippen LogP contribution in [0.4, 0.5) is 8.78 Å². The average molecular weight is 303 g/mol. The van der Waals surface area contributed by atoms with Gasteiger partial charge in [-0.2, -0.15) is 5.10 Å². The molecule has 0 spiro atoms. The molecule has 0 aliphatic rings. The molecule has 0 amide bonds. The normalized spacial score (nSPS) is 11.6. The van der Waals surface area contributed by atoms with Crippen molar-refractivity contribution in [1.29, 1.82) is 0 Å². The van der Waals surface area contributed by atoms with Crippen molar-refractivity contribution in [2.24, 2.45) is 12.2 Å². The van der Waals surface area contributed by atoms with Crippen molar-refractivity contribution in [2.45, 2.75) is 11.5 Å². The third kappa shape index (κ3) is 3.11. The Balaban J connectivity index is 2.25. The second kappa shape index (κ2) is 5.17. The van der Waals surface area contributed by atoms with E-state index >= 15 is 0 Å². The molecule has 0 saturated heterocycles. The second-order valence-electron chi connectivity index (χ2n) is 4.03. The van der Waals surface area contributed by atoms with Crippen molar-refractivity contribution < 1.29 is 21.9 Å². The summed E-state index contributed by atoms with van der Waals surface area (Å²) in [5.74, 6) is -2.97. The van der Waals surface area contributed by atoms with Crippen LogP contribution < -0.4 is 9.88 Å². The minimum absolute atomic E-state index is 0.149. The summed E-state index contributed by atoms with van der Waals surface area (Å²) < 4.78 is 55.8. The number of aromatic nitrogens is 2. The minimum atomic E-state index is -4.18. The van der Waals surface area contributed by atoms with E-state index in [0.717, 1.165) is 0 Å². The molecule has 0 bridgehead atoms. The van der Waals surface area contributed by atoms with Crippen LogP contribution >= 0.6 is 0 Å². The first-order chi connectivity index (χ1) is 9.27. The Labute approximate surface area is 113 Å². The molecule has 0 atom stereocenters. The summed E-state index contributed by atoms with van der Waals surface area (Å²) in [6.45, 7) is -0.149. The molecule has 1 aromatic carbocycles. The van der Waals surface area contributed by atoms with E-state index in [9.17, 15) is 17.2 Å². The number of benzene rings is 1. The van der Waals surface area contributed by atoms with Gasteiger partial charge < -0.3 is 4.74 Å². The first-order valence-corrected chi connectivity index (χ1v) is 6.95. The van der Waals surface area contributed by atoms with E-state index in [0.29, 0.717) is 17.8 Å². The van der Waals surface area contributed by atoms with Crippen LogP contribution in [0.25, 0.3) is 0 Å². The highest BCUT2D eigenvalue weighted by Gasteiger charge is 2.18. The standard InChI is InChI=1S/C11H11F2N3O3S/c1-16-3-2-7(15-16)6-19-11-9(12)4-8(5-10(11)13)20(14,17)18/h2-5H,6H2,1H3,(H2,14,17,18). The summed E-state index contributed by atoms with van der Waals surface area (Å²) in [5, 5.41) is 8.77. The number of aryl methyl sites for hydroxylation is 1. The molecule has 0 aliphatic heterocycles. The topological polar surface area (TPSA) is 87.2 Å². The van der Waals surface area contributed by atoms with Gasteiger partial charge in [0.25, 0.3) is 0 Å². The average Bonchev–Trinajstić information content (AvgIpc) is 2.72. The zero-order valence-corrected chi connectivity index (χ0v) is 11.2. The molecule has 0 aliphatic carbocycles. The van der Waals surface area contributed by atoms with Gasteiger partial charge in [0.1, 0.15) is 6.61 Å². The maximum atomic E-state index is 13.6. The Kier molecular flexibility index (Phi) is 3.73. The Morgan fingerprint density at radius 3 is 2.40 bits per heavy atom. The number of primary sulfonamides is 1. The number of nitrogens with two attached hydrogens (primary N) is 1. The van der Waals surface area contributed by atoms with E-state index in [1.165, 1.54) is 4.68 Å². The zero-order valence-electron chi connectivity index (χ0n) is 10.4. The fourth-order valence-corrected chi connectivity index (χ4v) is 2.06. The Morgan fingerprint density at radius 1 is 1.35 bits per heavy atom. The van der Waals surface area contributed by atoms with Gasteiger partial charge in [-0.3, -0.25) is 4.68 Å². The number of halogens is 2. The number of hydrogen-bond donors (Lipinski definition) is 1. The Bertz CT molecular complexity index is 720. The summed E-state index contributed by atoms with van der Waals surface area (Å²) in [7, 11) is -2.49. The summed E-state index contributed by atoms with van der Waals surface area (Å²) in [4.78, 5) is -0.655. The predicted molar refractivity (Wildman–Crippen MR) is 65.3 cm³/mol. The van der Waals surface area contributed by atoms with Crippen LogP contribution in [0.3, 0.4) is 0 Å². The lowest BCUT2D eigenvalue weighted by Gasteiger charge is -2.08. The molecule has 20 heavy (non-hydrogen) atoms. The van der Waals surface area contributed by atoms with E-state index < -0.39 is 32.3 Å². The SMILES string of the molecule is Cn1ccc(COc2c(F)cc(S(N)(=O)=O)cc2F)n1. The van der Waals surface area contributed by atoms with E-state index in [4.69, 9.17) is 9.88 Å². The lowest BCUT2D eigenvalue weighted by atomic mass is 10.3. The molecule has 2 aromatic rings. The van der Waals surface area contributed by atoms with Gasteiger partial charge in [0.05, 0.1) is 10.6 Å². The lowest BCUT2D eigenvalue weighted by Crippen LogP contribution is -2.13. The summed E-state index contributed by atoms with van der Waals surface area (Å²) >= 11 is 0. The quantitative estimate of drug-likeness (QED) is 0.910. The molecule has 0 saturated carbocycles. The number of nitrogens with zero attached hydrogens (tertiary/aromatic N) is 2. The molecule has 2 N–H and O–H groups in total. The van der Waals surface area contributed by atoms with Crippen molar-refractivity contribution in [3.63, 3.8) is 0 Å². The van der Waals surface area contributed by atoms with Crippen molar-refractivity contribution in [3.05, 3.63) is 41.7 Å². The monoisotopic (exact) mass is 303 g/mol. The van der Waals surface area contributed by atoms with Gasteiger partial charge >= 0.3 is 0 Å². The highest BCUT2D eigenvalue weighted by molar-refractivity contribution is 7.89.